The van der Waals surface area contributed by atoms with Gasteiger partial charge in [-0.2, -0.15) is 0 Å². The number of hydrogen-bond acceptors (Lipinski definition) is 4. The Balaban J connectivity index is 1.54. The predicted molar refractivity (Wildman–Crippen MR) is 85.5 cm³/mol. The van der Waals surface area contributed by atoms with Crippen LogP contribution in [0.5, 0.6) is 0 Å². The summed E-state index contributed by atoms with van der Waals surface area (Å²) in [5.74, 6) is 1.93. The lowest BCUT2D eigenvalue weighted by atomic mass is 9.96. The molecule has 1 aromatic heterocycles. The minimum atomic E-state index is 0.0804. The van der Waals surface area contributed by atoms with Gasteiger partial charge in [0.25, 0.3) is 0 Å². The van der Waals surface area contributed by atoms with Crippen molar-refractivity contribution in [1.29, 1.82) is 0 Å². The molecule has 116 valence electrons. The molecule has 21 heavy (non-hydrogen) atoms. The van der Waals surface area contributed by atoms with E-state index in [4.69, 9.17) is 0 Å². The second-order valence-electron chi connectivity index (χ2n) is 6.51. The Kier molecular flexibility index (Phi) is 4.76. The van der Waals surface area contributed by atoms with Gasteiger partial charge in [0.15, 0.2) is 0 Å². The fourth-order valence-electron chi connectivity index (χ4n) is 3.59. The van der Waals surface area contributed by atoms with E-state index in [2.05, 4.69) is 20.9 Å². The third kappa shape index (κ3) is 3.55. The van der Waals surface area contributed by atoms with E-state index < -0.39 is 0 Å². The molecule has 2 aliphatic heterocycles. The van der Waals surface area contributed by atoms with Gasteiger partial charge in [0.1, 0.15) is 5.82 Å². The highest BCUT2D eigenvalue weighted by molar-refractivity contribution is 5.42. The molecule has 0 aliphatic carbocycles. The van der Waals surface area contributed by atoms with Gasteiger partial charge in [0.05, 0.1) is 6.61 Å². The summed E-state index contributed by atoms with van der Waals surface area (Å²) < 4.78 is 0. The van der Waals surface area contributed by atoms with Crippen molar-refractivity contribution in [2.75, 3.05) is 37.6 Å². The molecule has 0 bridgehead atoms. The van der Waals surface area contributed by atoms with Crippen LogP contribution in [0.3, 0.4) is 0 Å². The van der Waals surface area contributed by atoms with Crippen molar-refractivity contribution in [3.63, 3.8) is 0 Å². The van der Waals surface area contributed by atoms with Gasteiger partial charge in [-0.15, -0.1) is 0 Å². The summed E-state index contributed by atoms with van der Waals surface area (Å²) in [6.45, 7) is 8.20. The normalized spacial score (nSPS) is 21.1. The van der Waals surface area contributed by atoms with Crippen LogP contribution >= 0.6 is 0 Å². The fraction of sp³-hybridized carbons (Fsp3) is 0.706. The zero-order valence-corrected chi connectivity index (χ0v) is 13.1. The maximum atomic E-state index is 9.23. The van der Waals surface area contributed by atoms with Crippen LogP contribution in [0.1, 0.15) is 36.9 Å². The number of nitrogens with zero attached hydrogens (tertiary/aromatic N) is 3. The highest BCUT2D eigenvalue weighted by Gasteiger charge is 2.23. The third-order valence-corrected chi connectivity index (χ3v) is 5.00. The van der Waals surface area contributed by atoms with E-state index in [0.29, 0.717) is 0 Å². The van der Waals surface area contributed by atoms with E-state index in [1.807, 2.05) is 13.0 Å². The minimum absolute atomic E-state index is 0.0804. The van der Waals surface area contributed by atoms with Gasteiger partial charge in [0.2, 0.25) is 0 Å². The van der Waals surface area contributed by atoms with Crippen molar-refractivity contribution >= 4 is 5.82 Å². The van der Waals surface area contributed by atoms with Gasteiger partial charge in [-0.3, -0.25) is 0 Å². The average Bonchev–Trinajstić information content (AvgIpc) is 3.01. The fourth-order valence-corrected chi connectivity index (χ4v) is 3.59. The van der Waals surface area contributed by atoms with Gasteiger partial charge >= 0.3 is 0 Å². The van der Waals surface area contributed by atoms with E-state index in [9.17, 15) is 5.11 Å². The number of pyridine rings is 1. The zero-order chi connectivity index (χ0) is 14.7. The van der Waals surface area contributed by atoms with E-state index in [1.54, 1.807) is 0 Å². The number of anilines is 1. The second-order valence-corrected chi connectivity index (χ2v) is 6.51. The SMILES string of the molecule is Cc1nc(N2CCC(CN3CCCC3)CC2)ccc1CO. The lowest BCUT2D eigenvalue weighted by molar-refractivity contribution is 0.249. The number of aliphatic hydroxyl groups is 1. The molecule has 2 aliphatic rings. The van der Waals surface area contributed by atoms with Crippen molar-refractivity contribution < 1.29 is 5.11 Å². The molecule has 1 aromatic rings. The topological polar surface area (TPSA) is 39.6 Å². The molecule has 4 nitrogen and oxygen atoms in total. The summed E-state index contributed by atoms with van der Waals surface area (Å²) in [4.78, 5) is 9.69. The van der Waals surface area contributed by atoms with Gasteiger partial charge < -0.3 is 14.9 Å². The first-order valence-electron chi connectivity index (χ1n) is 8.31. The highest BCUT2D eigenvalue weighted by atomic mass is 16.3. The Morgan fingerprint density at radius 2 is 1.86 bits per heavy atom. The smallest absolute Gasteiger partial charge is 0.128 e. The Bertz CT molecular complexity index is 463. The Morgan fingerprint density at radius 3 is 2.48 bits per heavy atom. The van der Waals surface area contributed by atoms with Crippen LogP contribution < -0.4 is 4.90 Å². The summed E-state index contributed by atoms with van der Waals surface area (Å²) in [5.41, 5.74) is 1.89. The molecule has 1 N–H and O–H groups in total. The van der Waals surface area contributed by atoms with Crippen LogP contribution in [0.25, 0.3) is 0 Å². The van der Waals surface area contributed by atoms with Crippen molar-refractivity contribution in [2.45, 2.75) is 39.2 Å². The zero-order valence-electron chi connectivity index (χ0n) is 13.1. The molecule has 0 atom stereocenters. The molecule has 2 saturated heterocycles. The van der Waals surface area contributed by atoms with Crippen LogP contribution in [0, 0.1) is 12.8 Å². The van der Waals surface area contributed by atoms with Crippen molar-refractivity contribution in [2.24, 2.45) is 5.92 Å². The molecular weight excluding hydrogens is 262 g/mol. The van der Waals surface area contributed by atoms with E-state index >= 15 is 0 Å². The van der Waals surface area contributed by atoms with Crippen molar-refractivity contribution in [1.82, 2.24) is 9.88 Å². The molecule has 0 aromatic carbocycles. The average molecular weight is 289 g/mol. The molecule has 0 saturated carbocycles. The number of piperidine rings is 1. The predicted octanol–water partition coefficient (Wildman–Crippen LogP) is 2.19. The lowest BCUT2D eigenvalue weighted by Crippen LogP contribution is -2.38. The Labute approximate surface area is 127 Å². The Morgan fingerprint density at radius 1 is 1.14 bits per heavy atom. The molecule has 0 unspecified atom stereocenters. The largest absolute Gasteiger partial charge is 0.392 e. The monoisotopic (exact) mass is 289 g/mol. The third-order valence-electron chi connectivity index (χ3n) is 5.00. The summed E-state index contributed by atoms with van der Waals surface area (Å²) in [6.07, 6.45) is 5.33. The standard InChI is InChI=1S/C17H27N3O/c1-14-16(13-21)4-5-17(18-14)20-10-6-15(7-11-20)12-19-8-2-3-9-19/h4-5,15,21H,2-3,6-13H2,1H3. The minimum Gasteiger partial charge on any atom is -0.392 e. The highest BCUT2D eigenvalue weighted by Crippen LogP contribution is 2.24. The molecular formula is C17H27N3O. The first-order chi connectivity index (χ1) is 10.3. The first-order valence-corrected chi connectivity index (χ1v) is 8.31. The van der Waals surface area contributed by atoms with Gasteiger partial charge in [-0.1, -0.05) is 6.07 Å². The second kappa shape index (κ2) is 6.75. The molecule has 3 heterocycles. The summed E-state index contributed by atoms with van der Waals surface area (Å²) in [5, 5.41) is 9.23. The summed E-state index contributed by atoms with van der Waals surface area (Å²) in [7, 11) is 0. The van der Waals surface area contributed by atoms with Crippen LogP contribution in [0.4, 0.5) is 5.82 Å². The number of hydrogen-bond donors (Lipinski definition) is 1. The van der Waals surface area contributed by atoms with Gasteiger partial charge in [-0.25, -0.2) is 4.98 Å². The van der Waals surface area contributed by atoms with Crippen LogP contribution in [0.15, 0.2) is 12.1 Å². The summed E-state index contributed by atoms with van der Waals surface area (Å²) in [6, 6.07) is 4.06. The van der Waals surface area contributed by atoms with Gasteiger partial charge in [0, 0.05) is 25.3 Å². The number of rotatable bonds is 4. The van der Waals surface area contributed by atoms with Gasteiger partial charge in [-0.05, 0) is 63.2 Å². The number of aliphatic hydroxyl groups excluding tert-OH is 1. The van der Waals surface area contributed by atoms with E-state index in [0.717, 1.165) is 36.1 Å². The molecule has 3 rings (SSSR count). The van der Waals surface area contributed by atoms with E-state index in [1.165, 1.54) is 45.3 Å². The number of likely N-dealkylation sites (tertiary alicyclic amines) is 1. The first kappa shape index (κ1) is 14.8. The molecule has 0 radical (unpaired) electrons. The van der Waals surface area contributed by atoms with Crippen LogP contribution in [-0.2, 0) is 6.61 Å². The lowest BCUT2D eigenvalue weighted by Gasteiger charge is -2.34. The number of aromatic nitrogens is 1. The maximum Gasteiger partial charge on any atom is 0.128 e. The summed E-state index contributed by atoms with van der Waals surface area (Å²) >= 11 is 0. The number of aryl methyl sites for hydroxylation is 1. The van der Waals surface area contributed by atoms with Crippen molar-refractivity contribution in [3.8, 4) is 0 Å². The Hall–Kier alpha value is -1.13. The molecule has 2 fully saturated rings. The van der Waals surface area contributed by atoms with E-state index in [-0.39, 0.29) is 6.61 Å². The molecule has 0 amide bonds. The van der Waals surface area contributed by atoms with Crippen LogP contribution in [0.2, 0.25) is 0 Å². The van der Waals surface area contributed by atoms with Crippen molar-refractivity contribution in [3.05, 3.63) is 23.4 Å². The van der Waals surface area contributed by atoms with Crippen LogP contribution in [-0.4, -0.2) is 47.7 Å². The molecule has 0 spiro atoms. The quantitative estimate of drug-likeness (QED) is 0.922. The molecule has 4 heteroatoms. The maximum absolute atomic E-state index is 9.23.